The number of nitrogens with zero attached hydrogens (tertiary/aromatic N) is 1. The summed E-state index contributed by atoms with van der Waals surface area (Å²) in [5, 5.41) is 11.6. The van der Waals surface area contributed by atoms with Crippen LogP contribution in [0.5, 0.6) is 0 Å². The van der Waals surface area contributed by atoms with Crippen molar-refractivity contribution in [2.45, 2.75) is 51.9 Å². The standard InChI is InChI=1S/C34H46N4O4S/c1-5-25(2)31(37-32(39)21-35-20-26-12-7-6-8-13-26)23-38(22-28-16-11-15-27-14-9-10-17-29(27)28)24-33(40)36-30(18-19-43-4)34(41)42-3/h6-17,25,30-31,35H,5,18-24H2,1-4H3,(H,36,40)(H,37,39). The number of ether oxygens (including phenoxy) is 1. The van der Waals surface area contributed by atoms with Gasteiger partial charge in [-0.1, -0.05) is 93.1 Å². The highest BCUT2D eigenvalue weighted by Gasteiger charge is 2.26. The fourth-order valence-corrected chi connectivity index (χ4v) is 5.50. The van der Waals surface area contributed by atoms with Crippen molar-refractivity contribution in [1.82, 2.24) is 20.9 Å². The number of hydrogen-bond acceptors (Lipinski definition) is 7. The second-order valence-electron chi connectivity index (χ2n) is 10.9. The van der Waals surface area contributed by atoms with Gasteiger partial charge < -0.3 is 20.7 Å². The number of fused-ring (bicyclic) bond motifs is 1. The minimum absolute atomic E-state index is 0.0744. The Hall–Kier alpha value is -3.40. The first kappa shape index (κ1) is 34.1. The van der Waals surface area contributed by atoms with Gasteiger partial charge in [-0.2, -0.15) is 11.8 Å². The fraction of sp³-hybridized carbons (Fsp3) is 0.441. The van der Waals surface area contributed by atoms with E-state index >= 15 is 0 Å². The lowest BCUT2D eigenvalue weighted by Gasteiger charge is -2.32. The zero-order valence-corrected chi connectivity index (χ0v) is 26.6. The van der Waals surface area contributed by atoms with E-state index in [0.717, 1.165) is 34.1 Å². The topological polar surface area (TPSA) is 99.8 Å². The molecule has 0 saturated heterocycles. The predicted molar refractivity (Wildman–Crippen MR) is 176 cm³/mol. The Labute approximate surface area is 260 Å². The molecule has 0 bridgehead atoms. The van der Waals surface area contributed by atoms with Crippen molar-refractivity contribution in [3.05, 3.63) is 83.9 Å². The summed E-state index contributed by atoms with van der Waals surface area (Å²) in [5.74, 6) is 0.116. The number of amides is 2. The van der Waals surface area contributed by atoms with Gasteiger partial charge in [-0.3, -0.25) is 14.5 Å². The maximum atomic E-state index is 13.4. The Morgan fingerprint density at radius 2 is 1.65 bits per heavy atom. The summed E-state index contributed by atoms with van der Waals surface area (Å²) in [5.41, 5.74) is 2.21. The molecule has 9 heteroatoms. The second-order valence-corrected chi connectivity index (χ2v) is 11.9. The average Bonchev–Trinajstić information content (AvgIpc) is 3.02. The van der Waals surface area contributed by atoms with Crippen molar-refractivity contribution in [1.29, 1.82) is 0 Å². The van der Waals surface area contributed by atoms with Gasteiger partial charge in [0.05, 0.1) is 20.2 Å². The molecule has 0 heterocycles. The summed E-state index contributed by atoms with van der Waals surface area (Å²) in [6.07, 6.45) is 3.32. The maximum absolute atomic E-state index is 13.4. The van der Waals surface area contributed by atoms with Crippen LogP contribution in [0.2, 0.25) is 0 Å². The zero-order chi connectivity index (χ0) is 31.0. The number of hydrogen-bond donors (Lipinski definition) is 3. The third kappa shape index (κ3) is 11.3. The molecule has 8 nitrogen and oxygen atoms in total. The number of nitrogens with one attached hydrogen (secondary N) is 3. The molecular formula is C34H46N4O4S. The van der Waals surface area contributed by atoms with E-state index < -0.39 is 12.0 Å². The van der Waals surface area contributed by atoms with E-state index in [1.54, 1.807) is 11.8 Å². The first-order chi connectivity index (χ1) is 20.8. The number of rotatable bonds is 18. The second kappa shape index (κ2) is 18.3. The predicted octanol–water partition coefficient (Wildman–Crippen LogP) is 4.37. The fourth-order valence-electron chi connectivity index (χ4n) is 5.03. The Bertz CT molecular complexity index is 1300. The van der Waals surface area contributed by atoms with Crippen LogP contribution < -0.4 is 16.0 Å². The van der Waals surface area contributed by atoms with Crippen LogP contribution in [0.25, 0.3) is 10.8 Å². The number of carbonyl (C=O) groups excluding carboxylic acids is 3. The largest absolute Gasteiger partial charge is 0.467 e. The van der Waals surface area contributed by atoms with Crippen LogP contribution in [0.4, 0.5) is 0 Å². The summed E-state index contributed by atoms with van der Waals surface area (Å²) in [7, 11) is 1.33. The third-order valence-corrected chi connectivity index (χ3v) is 8.31. The van der Waals surface area contributed by atoms with Gasteiger partial charge >= 0.3 is 5.97 Å². The molecule has 3 atom stereocenters. The number of carbonyl (C=O) groups is 3. The monoisotopic (exact) mass is 606 g/mol. The molecule has 3 rings (SSSR count). The van der Waals surface area contributed by atoms with Gasteiger partial charge in [0.25, 0.3) is 0 Å². The minimum atomic E-state index is -0.704. The van der Waals surface area contributed by atoms with Gasteiger partial charge in [-0.05, 0) is 46.2 Å². The van der Waals surface area contributed by atoms with Crippen LogP contribution in [0, 0.1) is 5.92 Å². The number of benzene rings is 3. The summed E-state index contributed by atoms with van der Waals surface area (Å²) in [4.78, 5) is 40.8. The van der Waals surface area contributed by atoms with Gasteiger partial charge in [0.2, 0.25) is 11.8 Å². The van der Waals surface area contributed by atoms with Crippen molar-refractivity contribution in [3.8, 4) is 0 Å². The Balaban J connectivity index is 1.76. The summed E-state index contributed by atoms with van der Waals surface area (Å²) in [6, 6.07) is 23.5. The molecule has 0 aliphatic carbocycles. The van der Waals surface area contributed by atoms with Crippen molar-refractivity contribution in [2.75, 3.05) is 38.8 Å². The van der Waals surface area contributed by atoms with E-state index in [-0.39, 0.29) is 36.9 Å². The van der Waals surface area contributed by atoms with Crippen molar-refractivity contribution < 1.29 is 19.1 Å². The van der Waals surface area contributed by atoms with E-state index in [0.29, 0.717) is 26.1 Å². The minimum Gasteiger partial charge on any atom is -0.467 e. The van der Waals surface area contributed by atoms with Crippen molar-refractivity contribution in [2.24, 2.45) is 5.92 Å². The molecule has 232 valence electrons. The van der Waals surface area contributed by atoms with Crippen LogP contribution >= 0.6 is 11.8 Å². The average molecular weight is 607 g/mol. The first-order valence-corrected chi connectivity index (χ1v) is 16.3. The molecule has 3 aromatic carbocycles. The highest BCUT2D eigenvalue weighted by atomic mass is 32.2. The van der Waals surface area contributed by atoms with Crippen LogP contribution in [0.15, 0.2) is 72.8 Å². The lowest BCUT2D eigenvalue weighted by atomic mass is 9.97. The van der Waals surface area contributed by atoms with E-state index in [9.17, 15) is 14.4 Å². The van der Waals surface area contributed by atoms with E-state index in [4.69, 9.17) is 4.74 Å². The smallest absolute Gasteiger partial charge is 0.328 e. The molecule has 0 fully saturated rings. The third-order valence-electron chi connectivity index (χ3n) is 7.66. The lowest BCUT2D eigenvalue weighted by molar-refractivity contribution is -0.145. The zero-order valence-electron chi connectivity index (χ0n) is 25.8. The number of thioether (sulfide) groups is 1. The van der Waals surface area contributed by atoms with E-state index in [2.05, 4.69) is 59.0 Å². The van der Waals surface area contributed by atoms with Gasteiger partial charge in [0, 0.05) is 25.7 Å². The maximum Gasteiger partial charge on any atom is 0.328 e. The van der Waals surface area contributed by atoms with Crippen LogP contribution in [-0.4, -0.2) is 73.5 Å². The summed E-state index contributed by atoms with van der Waals surface area (Å²) >= 11 is 1.61. The molecule has 0 spiro atoms. The van der Waals surface area contributed by atoms with Crippen LogP contribution in [0.1, 0.15) is 37.8 Å². The quantitative estimate of drug-likeness (QED) is 0.185. The highest BCUT2D eigenvalue weighted by molar-refractivity contribution is 7.98. The van der Waals surface area contributed by atoms with Crippen molar-refractivity contribution >= 4 is 40.3 Å². The van der Waals surface area contributed by atoms with Gasteiger partial charge in [-0.25, -0.2) is 4.79 Å². The molecule has 0 aliphatic heterocycles. The SMILES string of the molecule is CCC(C)C(CN(CC(=O)NC(CCSC)C(=O)OC)Cc1cccc2ccccc12)NC(=O)CNCc1ccccc1. The molecule has 0 saturated carbocycles. The van der Waals surface area contributed by atoms with E-state index in [1.165, 1.54) is 7.11 Å². The summed E-state index contributed by atoms with van der Waals surface area (Å²) in [6.45, 7) is 6.09. The molecule has 3 aromatic rings. The Morgan fingerprint density at radius 3 is 2.37 bits per heavy atom. The van der Waals surface area contributed by atoms with Gasteiger partial charge in [-0.15, -0.1) is 0 Å². The molecule has 3 unspecified atom stereocenters. The molecule has 0 aromatic heterocycles. The molecule has 43 heavy (non-hydrogen) atoms. The molecule has 0 radical (unpaired) electrons. The van der Waals surface area contributed by atoms with Gasteiger partial charge in [0.15, 0.2) is 0 Å². The lowest BCUT2D eigenvalue weighted by Crippen LogP contribution is -2.52. The highest BCUT2D eigenvalue weighted by Crippen LogP contribution is 2.21. The van der Waals surface area contributed by atoms with Crippen LogP contribution in [-0.2, 0) is 32.2 Å². The molecule has 3 N–H and O–H groups in total. The molecule has 2 amide bonds. The Morgan fingerprint density at radius 1 is 0.930 bits per heavy atom. The van der Waals surface area contributed by atoms with Crippen LogP contribution in [0.3, 0.4) is 0 Å². The summed E-state index contributed by atoms with van der Waals surface area (Å²) < 4.78 is 4.94. The molecule has 0 aliphatic rings. The number of esters is 1. The first-order valence-electron chi connectivity index (χ1n) is 14.9. The normalized spacial score (nSPS) is 13.3. The Kier molecular flexibility index (Phi) is 14.5. The van der Waals surface area contributed by atoms with Crippen molar-refractivity contribution in [3.63, 3.8) is 0 Å². The number of methoxy groups -OCH3 is 1. The van der Waals surface area contributed by atoms with Gasteiger partial charge in [0.1, 0.15) is 6.04 Å². The van der Waals surface area contributed by atoms with E-state index in [1.807, 2.05) is 54.8 Å². The molecular weight excluding hydrogens is 560 g/mol.